The van der Waals surface area contributed by atoms with Crippen LogP contribution in [0.15, 0.2) is 18.2 Å². The molecule has 1 rings (SSSR count). The van der Waals surface area contributed by atoms with Gasteiger partial charge in [-0.3, -0.25) is 0 Å². The van der Waals surface area contributed by atoms with Gasteiger partial charge in [0.1, 0.15) is 0 Å². The minimum atomic E-state index is -2.40. The van der Waals surface area contributed by atoms with Crippen LogP contribution >= 0.6 is 0 Å². The Balaban J connectivity index is 3.31. The molecule has 2 heteroatoms. The minimum absolute atomic E-state index is 0.179. The van der Waals surface area contributed by atoms with E-state index in [9.17, 15) is 8.78 Å². The maximum Gasteiger partial charge on any atom is 0.264 e. The number of alkyl halides is 2. The van der Waals surface area contributed by atoms with Crippen LogP contribution in [0.25, 0.3) is 0 Å². The van der Waals surface area contributed by atoms with Crippen molar-refractivity contribution in [2.45, 2.75) is 52.4 Å². The van der Waals surface area contributed by atoms with Gasteiger partial charge in [0.2, 0.25) is 0 Å². The number of rotatable bonds is 2. The fraction of sp³-hybridized carbons (Fsp3) is 0.571. The lowest BCUT2D eigenvalue weighted by molar-refractivity contribution is 0.148. The lowest BCUT2D eigenvalue weighted by atomic mass is 9.82. The van der Waals surface area contributed by atoms with Gasteiger partial charge in [0.15, 0.2) is 0 Å². The second-order valence-corrected chi connectivity index (χ2v) is 5.55. The van der Waals surface area contributed by atoms with Gasteiger partial charge in [-0.15, -0.1) is 0 Å². The van der Waals surface area contributed by atoms with E-state index in [1.165, 1.54) is 0 Å². The standard InChI is InChI=1S/C14H20F2/c1-9(2)10-6-7-12(14(3,4)5)11(8-10)13(15)16/h6-9,13H,1-5H3. The summed E-state index contributed by atoms with van der Waals surface area (Å²) in [5, 5.41) is 0. The molecule has 90 valence electrons. The molecule has 0 aliphatic heterocycles. The van der Waals surface area contributed by atoms with Crippen LogP contribution in [-0.4, -0.2) is 0 Å². The maximum absolute atomic E-state index is 13.0. The van der Waals surface area contributed by atoms with Crippen molar-refractivity contribution in [1.82, 2.24) is 0 Å². The summed E-state index contributed by atoms with van der Waals surface area (Å²) in [5.41, 5.74) is 1.66. The molecule has 0 aliphatic rings. The molecule has 1 aromatic rings. The van der Waals surface area contributed by atoms with E-state index in [2.05, 4.69) is 0 Å². The molecular formula is C14H20F2. The summed E-state index contributed by atoms with van der Waals surface area (Å²) in [4.78, 5) is 0. The van der Waals surface area contributed by atoms with Crippen molar-refractivity contribution in [2.75, 3.05) is 0 Å². The van der Waals surface area contributed by atoms with Gasteiger partial charge in [0.05, 0.1) is 0 Å². The van der Waals surface area contributed by atoms with Gasteiger partial charge < -0.3 is 0 Å². The predicted octanol–water partition coefficient (Wildman–Crippen LogP) is 5.05. The monoisotopic (exact) mass is 226 g/mol. The molecule has 0 amide bonds. The molecule has 0 aliphatic carbocycles. The second kappa shape index (κ2) is 4.52. The first kappa shape index (κ1) is 13.1. The molecule has 0 heterocycles. The Morgan fingerprint density at radius 1 is 1.06 bits per heavy atom. The number of benzene rings is 1. The molecule has 0 radical (unpaired) electrons. The van der Waals surface area contributed by atoms with Gasteiger partial charge in [-0.05, 0) is 28.5 Å². The van der Waals surface area contributed by atoms with Crippen molar-refractivity contribution < 1.29 is 8.78 Å². The first-order chi connectivity index (χ1) is 7.23. The van der Waals surface area contributed by atoms with Gasteiger partial charge in [-0.25, -0.2) is 8.78 Å². The molecule has 0 aromatic heterocycles. The quantitative estimate of drug-likeness (QED) is 0.662. The maximum atomic E-state index is 13.0. The molecule has 16 heavy (non-hydrogen) atoms. The predicted molar refractivity (Wildman–Crippen MR) is 64.2 cm³/mol. The molecule has 0 unspecified atom stereocenters. The normalized spacial score (nSPS) is 12.6. The Labute approximate surface area is 96.7 Å². The summed E-state index contributed by atoms with van der Waals surface area (Å²) in [7, 11) is 0. The summed E-state index contributed by atoms with van der Waals surface area (Å²) < 4.78 is 26.0. The molecule has 1 aromatic carbocycles. The van der Waals surface area contributed by atoms with Gasteiger partial charge in [0.25, 0.3) is 6.43 Å². The van der Waals surface area contributed by atoms with Gasteiger partial charge in [0, 0.05) is 5.56 Å². The summed E-state index contributed by atoms with van der Waals surface area (Å²) >= 11 is 0. The highest BCUT2D eigenvalue weighted by atomic mass is 19.3. The average Bonchev–Trinajstić information content (AvgIpc) is 2.15. The van der Waals surface area contributed by atoms with E-state index < -0.39 is 6.43 Å². The van der Waals surface area contributed by atoms with Crippen molar-refractivity contribution in [1.29, 1.82) is 0 Å². The summed E-state index contributed by atoms with van der Waals surface area (Å²) in [6.45, 7) is 9.92. The molecule has 0 N–H and O–H groups in total. The third-order valence-corrected chi connectivity index (χ3v) is 2.79. The van der Waals surface area contributed by atoms with Crippen LogP contribution in [0, 0.1) is 0 Å². The highest BCUT2D eigenvalue weighted by Crippen LogP contribution is 2.34. The third-order valence-electron chi connectivity index (χ3n) is 2.79. The summed E-state index contributed by atoms with van der Waals surface area (Å²) in [6.07, 6.45) is -2.40. The highest BCUT2D eigenvalue weighted by Gasteiger charge is 2.23. The zero-order valence-corrected chi connectivity index (χ0v) is 10.6. The summed E-state index contributed by atoms with van der Waals surface area (Å²) in [6, 6.07) is 5.45. The van der Waals surface area contributed by atoms with Gasteiger partial charge in [-0.2, -0.15) is 0 Å². The largest absolute Gasteiger partial charge is 0.264 e. The van der Waals surface area contributed by atoms with Crippen molar-refractivity contribution in [3.63, 3.8) is 0 Å². The van der Waals surface area contributed by atoms with Crippen LogP contribution in [0.2, 0.25) is 0 Å². The van der Waals surface area contributed by atoms with Crippen LogP contribution in [0.3, 0.4) is 0 Å². The lowest BCUT2D eigenvalue weighted by Crippen LogP contribution is -2.15. The summed E-state index contributed by atoms with van der Waals surface area (Å²) in [5.74, 6) is 0.284. The highest BCUT2D eigenvalue weighted by molar-refractivity contribution is 5.38. The van der Waals surface area contributed by atoms with Crippen molar-refractivity contribution >= 4 is 0 Å². The molecule has 0 nitrogen and oxygen atoms in total. The smallest absolute Gasteiger partial charge is 0.205 e. The third kappa shape index (κ3) is 2.81. The van der Waals surface area contributed by atoms with E-state index in [0.29, 0.717) is 0 Å². The first-order valence-corrected chi connectivity index (χ1v) is 5.66. The zero-order chi connectivity index (χ0) is 12.5. The van der Waals surface area contributed by atoms with E-state index in [4.69, 9.17) is 0 Å². The fourth-order valence-corrected chi connectivity index (χ4v) is 1.80. The Morgan fingerprint density at radius 2 is 1.62 bits per heavy atom. The van der Waals surface area contributed by atoms with Crippen molar-refractivity contribution in [3.05, 3.63) is 34.9 Å². The van der Waals surface area contributed by atoms with Crippen LogP contribution in [0.5, 0.6) is 0 Å². The van der Waals surface area contributed by atoms with Crippen molar-refractivity contribution in [2.24, 2.45) is 0 Å². The molecule has 0 bridgehead atoms. The average molecular weight is 226 g/mol. The Hall–Kier alpha value is -0.920. The first-order valence-electron chi connectivity index (χ1n) is 5.66. The van der Waals surface area contributed by atoms with E-state index in [0.717, 1.165) is 11.1 Å². The van der Waals surface area contributed by atoms with E-state index in [-0.39, 0.29) is 16.9 Å². The second-order valence-electron chi connectivity index (χ2n) is 5.55. The van der Waals surface area contributed by atoms with Crippen molar-refractivity contribution in [3.8, 4) is 0 Å². The topological polar surface area (TPSA) is 0 Å². The zero-order valence-electron chi connectivity index (χ0n) is 10.6. The molecular weight excluding hydrogens is 206 g/mol. The molecule has 0 fully saturated rings. The number of hydrogen-bond acceptors (Lipinski definition) is 0. The number of halogens is 2. The van der Waals surface area contributed by atoms with E-state index in [1.54, 1.807) is 6.07 Å². The Kier molecular flexibility index (Phi) is 3.72. The Morgan fingerprint density at radius 3 is 2.00 bits per heavy atom. The minimum Gasteiger partial charge on any atom is -0.205 e. The SMILES string of the molecule is CC(C)c1ccc(C(C)(C)C)c(C(F)F)c1. The Bertz CT molecular complexity index is 359. The molecule has 0 saturated heterocycles. The molecule has 0 saturated carbocycles. The van der Waals surface area contributed by atoms with E-state index >= 15 is 0 Å². The van der Waals surface area contributed by atoms with Gasteiger partial charge >= 0.3 is 0 Å². The van der Waals surface area contributed by atoms with Crippen LogP contribution in [0.4, 0.5) is 8.78 Å². The van der Waals surface area contributed by atoms with Crippen LogP contribution < -0.4 is 0 Å². The fourth-order valence-electron chi connectivity index (χ4n) is 1.80. The van der Waals surface area contributed by atoms with Gasteiger partial charge in [-0.1, -0.05) is 46.8 Å². The molecule has 0 atom stereocenters. The number of hydrogen-bond donors (Lipinski definition) is 0. The molecule has 0 spiro atoms. The van der Waals surface area contributed by atoms with Crippen LogP contribution in [0.1, 0.15) is 63.7 Å². The van der Waals surface area contributed by atoms with Crippen LogP contribution in [-0.2, 0) is 5.41 Å². The lowest BCUT2D eigenvalue weighted by Gasteiger charge is -2.24. The van der Waals surface area contributed by atoms with E-state index in [1.807, 2.05) is 46.8 Å².